The van der Waals surface area contributed by atoms with Gasteiger partial charge < -0.3 is 14.5 Å². The molecule has 1 N–H and O–H groups in total. The van der Waals surface area contributed by atoms with E-state index in [1.165, 1.54) is 0 Å². The van der Waals surface area contributed by atoms with Crippen LogP contribution in [-0.2, 0) is 11.2 Å². The molecule has 5 nitrogen and oxygen atoms in total. The Bertz CT molecular complexity index is 1050. The van der Waals surface area contributed by atoms with Crippen LogP contribution in [0.4, 0.5) is 5.69 Å². The van der Waals surface area contributed by atoms with Crippen LogP contribution in [0.1, 0.15) is 28.7 Å². The molecule has 1 amide bonds. The fourth-order valence-electron chi connectivity index (χ4n) is 3.24. The van der Waals surface area contributed by atoms with E-state index < -0.39 is 5.63 Å². The lowest BCUT2D eigenvalue weighted by atomic mass is 10.0. The summed E-state index contributed by atoms with van der Waals surface area (Å²) in [5.41, 5.74) is 4.30. The molecule has 0 saturated heterocycles. The van der Waals surface area contributed by atoms with Gasteiger partial charge in [-0.15, -0.1) is 0 Å². The number of amides is 1. The summed E-state index contributed by atoms with van der Waals surface area (Å²) in [6.45, 7) is 5.79. The van der Waals surface area contributed by atoms with Crippen molar-refractivity contribution < 1.29 is 13.9 Å². The summed E-state index contributed by atoms with van der Waals surface area (Å²) in [5, 5.41) is 3.80. The minimum atomic E-state index is -0.409. The fourth-order valence-corrected chi connectivity index (χ4v) is 3.24. The zero-order chi connectivity index (χ0) is 19.6. The van der Waals surface area contributed by atoms with Crippen LogP contribution in [0.3, 0.4) is 0 Å². The van der Waals surface area contributed by atoms with E-state index in [0.29, 0.717) is 23.3 Å². The first-order valence-electron chi connectivity index (χ1n) is 8.87. The minimum Gasteiger partial charge on any atom is -0.497 e. The fraction of sp³-hybridized carbons (Fsp3) is 0.273. The lowest BCUT2D eigenvalue weighted by molar-refractivity contribution is -0.116. The second-order valence-electron chi connectivity index (χ2n) is 6.67. The second-order valence-corrected chi connectivity index (χ2v) is 6.67. The Morgan fingerprint density at radius 1 is 1.11 bits per heavy atom. The van der Waals surface area contributed by atoms with Gasteiger partial charge in [0.05, 0.1) is 7.11 Å². The first-order chi connectivity index (χ1) is 12.9. The highest BCUT2D eigenvalue weighted by molar-refractivity contribution is 5.92. The highest BCUT2D eigenvalue weighted by atomic mass is 16.5. The number of rotatable bonds is 5. The average molecular weight is 365 g/mol. The summed E-state index contributed by atoms with van der Waals surface area (Å²) in [7, 11) is 1.56. The number of carbonyl (C=O) groups is 1. The van der Waals surface area contributed by atoms with Gasteiger partial charge in [0.15, 0.2) is 0 Å². The number of benzene rings is 2. The molecule has 5 heteroatoms. The van der Waals surface area contributed by atoms with Gasteiger partial charge in [0.25, 0.3) is 0 Å². The normalized spacial score (nSPS) is 10.8. The lowest BCUT2D eigenvalue weighted by Crippen LogP contribution is -2.17. The molecular weight excluding hydrogens is 342 g/mol. The number of anilines is 1. The van der Waals surface area contributed by atoms with Crippen molar-refractivity contribution in [3.05, 3.63) is 69.1 Å². The predicted molar refractivity (Wildman–Crippen MR) is 107 cm³/mol. The Morgan fingerprint density at radius 2 is 1.81 bits per heavy atom. The van der Waals surface area contributed by atoms with Crippen molar-refractivity contribution in [1.82, 2.24) is 0 Å². The maximum absolute atomic E-state index is 12.4. The van der Waals surface area contributed by atoms with Crippen molar-refractivity contribution in [2.45, 2.75) is 33.6 Å². The van der Waals surface area contributed by atoms with E-state index in [-0.39, 0.29) is 12.3 Å². The topological polar surface area (TPSA) is 68.5 Å². The van der Waals surface area contributed by atoms with E-state index in [2.05, 4.69) is 5.32 Å². The summed E-state index contributed by atoms with van der Waals surface area (Å²) in [5.74, 6) is 0.506. The molecule has 140 valence electrons. The van der Waals surface area contributed by atoms with Crippen LogP contribution in [-0.4, -0.2) is 13.0 Å². The third-order valence-electron chi connectivity index (χ3n) is 4.84. The van der Waals surface area contributed by atoms with Gasteiger partial charge in [-0.05, 0) is 56.0 Å². The minimum absolute atomic E-state index is 0.124. The van der Waals surface area contributed by atoms with E-state index in [1.807, 2.05) is 51.1 Å². The number of hydrogen-bond donors (Lipinski definition) is 1. The van der Waals surface area contributed by atoms with Crippen molar-refractivity contribution in [2.75, 3.05) is 12.4 Å². The van der Waals surface area contributed by atoms with Crippen LogP contribution in [0.2, 0.25) is 0 Å². The van der Waals surface area contributed by atoms with Crippen LogP contribution in [0.25, 0.3) is 11.0 Å². The van der Waals surface area contributed by atoms with Crippen LogP contribution < -0.4 is 15.7 Å². The molecule has 3 aromatic rings. The Hall–Kier alpha value is -3.08. The number of para-hydroxylation sites is 1. The summed E-state index contributed by atoms with van der Waals surface area (Å²) in [4.78, 5) is 24.8. The maximum Gasteiger partial charge on any atom is 0.339 e. The molecule has 0 aliphatic carbocycles. The number of ether oxygens (including phenoxy) is 1. The molecule has 0 fully saturated rings. The number of nitrogens with one attached hydrogen (secondary N) is 1. The maximum atomic E-state index is 12.4. The molecule has 0 radical (unpaired) electrons. The molecule has 0 saturated carbocycles. The van der Waals surface area contributed by atoms with Gasteiger partial charge in [0.1, 0.15) is 11.3 Å². The largest absolute Gasteiger partial charge is 0.497 e. The molecule has 2 aromatic carbocycles. The summed E-state index contributed by atoms with van der Waals surface area (Å²) in [6.07, 6.45) is 0.536. The summed E-state index contributed by atoms with van der Waals surface area (Å²) >= 11 is 0. The molecule has 1 heterocycles. The Kier molecular flexibility index (Phi) is 5.31. The standard InChI is InChI=1S/C22H23NO4/c1-13-6-5-7-14(2)21(13)23-20(24)11-10-18-15(3)17-9-8-16(26-4)12-19(17)27-22(18)25/h5-9,12H,10-11H2,1-4H3,(H,23,24). The smallest absolute Gasteiger partial charge is 0.339 e. The van der Waals surface area contributed by atoms with Crippen molar-refractivity contribution in [3.8, 4) is 5.75 Å². The molecule has 0 atom stereocenters. The number of aryl methyl sites for hydroxylation is 3. The summed E-state index contributed by atoms with van der Waals surface area (Å²) < 4.78 is 10.6. The number of hydrogen-bond acceptors (Lipinski definition) is 4. The number of fused-ring (bicyclic) bond motifs is 1. The van der Waals surface area contributed by atoms with Crippen molar-refractivity contribution >= 4 is 22.6 Å². The summed E-state index contributed by atoms with van der Waals surface area (Å²) in [6, 6.07) is 11.3. The Balaban J connectivity index is 1.80. The van der Waals surface area contributed by atoms with Crippen molar-refractivity contribution in [1.29, 1.82) is 0 Å². The monoisotopic (exact) mass is 365 g/mol. The molecular formula is C22H23NO4. The first-order valence-corrected chi connectivity index (χ1v) is 8.87. The number of methoxy groups -OCH3 is 1. The van der Waals surface area contributed by atoms with Crippen molar-refractivity contribution in [3.63, 3.8) is 0 Å². The highest BCUT2D eigenvalue weighted by Gasteiger charge is 2.14. The Morgan fingerprint density at radius 3 is 2.48 bits per heavy atom. The molecule has 0 bridgehead atoms. The van der Waals surface area contributed by atoms with Crippen LogP contribution >= 0.6 is 0 Å². The van der Waals surface area contributed by atoms with Gasteiger partial charge in [-0.25, -0.2) is 4.79 Å². The van der Waals surface area contributed by atoms with Gasteiger partial charge >= 0.3 is 5.63 Å². The molecule has 0 aliphatic heterocycles. The molecule has 3 rings (SSSR count). The lowest BCUT2D eigenvalue weighted by Gasteiger charge is -2.12. The van der Waals surface area contributed by atoms with E-state index in [1.54, 1.807) is 13.2 Å². The second kappa shape index (κ2) is 7.66. The van der Waals surface area contributed by atoms with Gasteiger partial charge in [-0.1, -0.05) is 18.2 Å². The van der Waals surface area contributed by atoms with E-state index >= 15 is 0 Å². The number of carbonyl (C=O) groups excluding carboxylic acids is 1. The first kappa shape index (κ1) is 18.7. The van der Waals surface area contributed by atoms with Gasteiger partial charge in [-0.3, -0.25) is 4.79 Å². The van der Waals surface area contributed by atoms with Gasteiger partial charge in [0, 0.05) is 29.1 Å². The molecule has 1 aromatic heterocycles. The third-order valence-corrected chi connectivity index (χ3v) is 4.84. The highest BCUT2D eigenvalue weighted by Crippen LogP contribution is 2.25. The third kappa shape index (κ3) is 3.87. The SMILES string of the molecule is COc1ccc2c(C)c(CCC(=O)Nc3c(C)cccc3C)c(=O)oc2c1. The zero-order valence-electron chi connectivity index (χ0n) is 16.0. The van der Waals surface area contributed by atoms with Crippen molar-refractivity contribution in [2.24, 2.45) is 0 Å². The molecule has 27 heavy (non-hydrogen) atoms. The quantitative estimate of drug-likeness (QED) is 0.685. The van der Waals surface area contributed by atoms with E-state index in [0.717, 1.165) is 27.8 Å². The Labute approximate surface area is 158 Å². The van der Waals surface area contributed by atoms with Gasteiger partial charge in [-0.2, -0.15) is 0 Å². The molecule has 0 aliphatic rings. The average Bonchev–Trinajstić information content (AvgIpc) is 2.64. The van der Waals surface area contributed by atoms with E-state index in [4.69, 9.17) is 9.15 Å². The molecule has 0 spiro atoms. The predicted octanol–water partition coefficient (Wildman–Crippen LogP) is 4.30. The van der Waals surface area contributed by atoms with Crippen LogP contribution in [0, 0.1) is 20.8 Å². The molecule has 0 unspecified atom stereocenters. The van der Waals surface area contributed by atoms with Crippen LogP contribution in [0.15, 0.2) is 45.6 Å². The zero-order valence-corrected chi connectivity index (χ0v) is 16.0. The van der Waals surface area contributed by atoms with E-state index in [9.17, 15) is 9.59 Å². The van der Waals surface area contributed by atoms with Crippen LogP contribution in [0.5, 0.6) is 5.75 Å². The van der Waals surface area contributed by atoms with Gasteiger partial charge in [0.2, 0.25) is 5.91 Å².